The lowest BCUT2D eigenvalue weighted by atomic mass is 10.0. The molecule has 0 aromatic heterocycles. The molecule has 1 N–H and O–H groups in total. The van der Waals surface area contributed by atoms with Crippen LogP contribution in [0.5, 0.6) is 0 Å². The van der Waals surface area contributed by atoms with Crippen LogP contribution >= 0.6 is 15.9 Å². The van der Waals surface area contributed by atoms with E-state index in [-0.39, 0.29) is 15.9 Å². The van der Waals surface area contributed by atoms with Crippen molar-refractivity contribution in [1.29, 1.82) is 0 Å². The van der Waals surface area contributed by atoms with Crippen LogP contribution in [0, 0.1) is 5.82 Å². The molecule has 0 unspecified atom stereocenters. The molecule has 98 valence electrons. The molecule has 1 aliphatic rings. The van der Waals surface area contributed by atoms with E-state index in [1.54, 1.807) is 17.0 Å². The predicted molar refractivity (Wildman–Crippen MR) is 72.1 cm³/mol. The lowest BCUT2D eigenvalue weighted by molar-refractivity contribution is 0.0650. The molecule has 0 spiro atoms. The first-order valence-electron chi connectivity index (χ1n) is 5.89. The van der Waals surface area contributed by atoms with Gasteiger partial charge in [-0.2, -0.15) is 0 Å². The summed E-state index contributed by atoms with van der Waals surface area (Å²) < 4.78 is 13.7. The Kier molecular flexibility index (Phi) is 3.73. The Morgan fingerprint density at radius 3 is 2.89 bits per heavy atom. The van der Waals surface area contributed by atoms with Gasteiger partial charge in [0.15, 0.2) is 0 Å². The first kappa shape index (κ1) is 13.5. The highest BCUT2D eigenvalue weighted by atomic mass is 79.9. The van der Waals surface area contributed by atoms with Gasteiger partial charge in [-0.3, -0.25) is 4.79 Å². The molecule has 3 nitrogen and oxygen atoms in total. The number of benzene rings is 1. The van der Waals surface area contributed by atoms with E-state index < -0.39 is 5.82 Å². The Bertz CT molecular complexity index is 476. The largest absolute Gasteiger partial charge is 0.336 e. The second-order valence-electron chi connectivity index (χ2n) is 5.14. The van der Waals surface area contributed by atoms with Gasteiger partial charge in [0.2, 0.25) is 0 Å². The molecule has 1 aliphatic heterocycles. The number of rotatable bonds is 1. The van der Waals surface area contributed by atoms with Crippen LogP contribution in [0.2, 0.25) is 0 Å². The molecule has 1 fully saturated rings. The summed E-state index contributed by atoms with van der Waals surface area (Å²) in [5, 5.41) is 3.34. The van der Waals surface area contributed by atoms with Gasteiger partial charge in [0, 0.05) is 25.2 Å². The van der Waals surface area contributed by atoms with Crippen molar-refractivity contribution in [1.82, 2.24) is 10.2 Å². The smallest absolute Gasteiger partial charge is 0.255 e. The molecule has 0 atom stereocenters. The summed E-state index contributed by atoms with van der Waals surface area (Å²) in [5.41, 5.74) is 0.279. The van der Waals surface area contributed by atoms with Crippen molar-refractivity contribution in [2.75, 3.05) is 19.6 Å². The molecule has 1 amide bonds. The van der Waals surface area contributed by atoms with Crippen LogP contribution in [-0.4, -0.2) is 36.0 Å². The monoisotopic (exact) mass is 314 g/mol. The summed E-state index contributed by atoms with van der Waals surface area (Å²) in [4.78, 5) is 14.1. The van der Waals surface area contributed by atoms with Gasteiger partial charge in [-0.15, -0.1) is 0 Å². The number of amides is 1. The van der Waals surface area contributed by atoms with E-state index in [0.717, 1.165) is 6.54 Å². The number of halogens is 2. The van der Waals surface area contributed by atoms with Crippen LogP contribution in [0.1, 0.15) is 24.2 Å². The van der Waals surface area contributed by atoms with Gasteiger partial charge in [-0.25, -0.2) is 4.39 Å². The maximum atomic E-state index is 13.4. The van der Waals surface area contributed by atoms with E-state index in [9.17, 15) is 9.18 Å². The minimum absolute atomic E-state index is 0.103. The van der Waals surface area contributed by atoms with Gasteiger partial charge in [0.1, 0.15) is 5.82 Å². The van der Waals surface area contributed by atoms with E-state index in [2.05, 4.69) is 21.2 Å². The fourth-order valence-electron chi connectivity index (χ4n) is 2.15. The van der Waals surface area contributed by atoms with Gasteiger partial charge in [0.05, 0.1) is 10.0 Å². The summed E-state index contributed by atoms with van der Waals surface area (Å²) in [7, 11) is 0. The SMILES string of the molecule is CC1(C)CN(C(=O)c2cccc(F)c2Br)CCN1. The third-order valence-electron chi connectivity index (χ3n) is 3.04. The van der Waals surface area contributed by atoms with Gasteiger partial charge in [-0.05, 0) is 41.9 Å². The zero-order valence-electron chi connectivity index (χ0n) is 10.5. The third-order valence-corrected chi connectivity index (χ3v) is 3.85. The van der Waals surface area contributed by atoms with Crippen LogP contribution in [0.3, 0.4) is 0 Å². The summed E-state index contributed by atoms with van der Waals surface area (Å²) >= 11 is 3.14. The molecule has 0 bridgehead atoms. The summed E-state index contributed by atoms with van der Waals surface area (Å²) in [6.45, 7) is 6.12. The number of nitrogens with zero attached hydrogens (tertiary/aromatic N) is 1. The highest BCUT2D eigenvalue weighted by Gasteiger charge is 2.30. The molecule has 1 aromatic rings. The third kappa shape index (κ3) is 2.72. The summed E-state index contributed by atoms with van der Waals surface area (Å²) in [6, 6.07) is 4.54. The van der Waals surface area contributed by atoms with Crippen molar-refractivity contribution in [2.45, 2.75) is 19.4 Å². The number of piperazine rings is 1. The van der Waals surface area contributed by atoms with E-state index in [1.807, 2.05) is 13.8 Å². The predicted octanol–water partition coefficient (Wildman–Crippen LogP) is 2.41. The van der Waals surface area contributed by atoms with Gasteiger partial charge < -0.3 is 10.2 Å². The van der Waals surface area contributed by atoms with E-state index >= 15 is 0 Å². The van der Waals surface area contributed by atoms with E-state index in [0.29, 0.717) is 18.7 Å². The maximum absolute atomic E-state index is 13.4. The molecule has 1 heterocycles. The fraction of sp³-hybridized carbons (Fsp3) is 0.462. The molecular weight excluding hydrogens is 299 g/mol. The van der Waals surface area contributed by atoms with Crippen LogP contribution in [-0.2, 0) is 0 Å². The van der Waals surface area contributed by atoms with Crippen LogP contribution in [0.25, 0.3) is 0 Å². The van der Waals surface area contributed by atoms with E-state index in [4.69, 9.17) is 0 Å². The topological polar surface area (TPSA) is 32.3 Å². The molecule has 5 heteroatoms. The Balaban J connectivity index is 2.23. The lowest BCUT2D eigenvalue weighted by Gasteiger charge is -2.39. The summed E-state index contributed by atoms with van der Waals surface area (Å²) in [5.74, 6) is -0.536. The van der Waals surface area contributed by atoms with Crippen molar-refractivity contribution in [2.24, 2.45) is 0 Å². The minimum Gasteiger partial charge on any atom is -0.336 e. The average Bonchev–Trinajstić information content (AvgIpc) is 2.30. The second-order valence-corrected chi connectivity index (χ2v) is 5.93. The lowest BCUT2D eigenvalue weighted by Crippen LogP contribution is -2.58. The second kappa shape index (κ2) is 4.97. The summed E-state index contributed by atoms with van der Waals surface area (Å²) in [6.07, 6.45) is 0. The van der Waals surface area contributed by atoms with Crippen molar-refractivity contribution in [3.8, 4) is 0 Å². The van der Waals surface area contributed by atoms with Crippen molar-refractivity contribution < 1.29 is 9.18 Å². The number of carbonyl (C=O) groups excluding carboxylic acids is 1. The first-order valence-corrected chi connectivity index (χ1v) is 6.68. The van der Waals surface area contributed by atoms with Crippen LogP contribution in [0.4, 0.5) is 4.39 Å². The minimum atomic E-state index is -0.407. The van der Waals surface area contributed by atoms with Crippen molar-refractivity contribution in [3.05, 3.63) is 34.1 Å². The number of hydrogen-bond acceptors (Lipinski definition) is 2. The molecule has 0 aliphatic carbocycles. The number of hydrogen-bond donors (Lipinski definition) is 1. The van der Waals surface area contributed by atoms with Crippen LogP contribution in [0.15, 0.2) is 22.7 Å². The first-order chi connectivity index (χ1) is 8.41. The van der Waals surface area contributed by atoms with E-state index in [1.165, 1.54) is 6.07 Å². The van der Waals surface area contributed by atoms with Gasteiger partial charge in [-0.1, -0.05) is 6.07 Å². The Morgan fingerprint density at radius 2 is 2.22 bits per heavy atom. The average molecular weight is 315 g/mol. The molecular formula is C13H16BrFN2O. The molecule has 1 saturated heterocycles. The zero-order chi connectivity index (χ0) is 13.3. The van der Waals surface area contributed by atoms with Gasteiger partial charge >= 0.3 is 0 Å². The number of nitrogens with one attached hydrogen (secondary N) is 1. The normalized spacial score (nSPS) is 18.8. The standard InChI is InChI=1S/C13H16BrFN2O/c1-13(2)8-17(7-6-16-13)12(18)9-4-3-5-10(15)11(9)14/h3-5,16H,6-8H2,1-2H3. The molecule has 2 rings (SSSR count). The number of carbonyl (C=O) groups is 1. The molecule has 0 saturated carbocycles. The molecule has 1 aromatic carbocycles. The van der Waals surface area contributed by atoms with Crippen molar-refractivity contribution in [3.63, 3.8) is 0 Å². The van der Waals surface area contributed by atoms with Crippen molar-refractivity contribution >= 4 is 21.8 Å². The molecule has 0 radical (unpaired) electrons. The highest BCUT2D eigenvalue weighted by molar-refractivity contribution is 9.10. The Labute approximate surface area is 114 Å². The van der Waals surface area contributed by atoms with Gasteiger partial charge in [0.25, 0.3) is 5.91 Å². The Morgan fingerprint density at radius 1 is 1.50 bits per heavy atom. The highest BCUT2D eigenvalue weighted by Crippen LogP contribution is 2.23. The Hall–Kier alpha value is -0.940. The van der Waals surface area contributed by atoms with Crippen LogP contribution < -0.4 is 5.32 Å². The zero-order valence-corrected chi connectivity index (χ0v) is 12.1. The fourth-order valence-corrected chi connectivity index (χ4v) is 2.59. The quantitative estimate of drug-likeness (QED) is 0.863. The maximum Gasteiger partial charge on any atom is 0.255 e. The molecule has 18 heavy (non-hydrogen) atoms.